The van der Waals surface area contributed by atoms with Crippen LogP contribution in [0, 0.1) is 24.7 Å². The molecular weight excluding hydrogens is 1260 g/mol. The molecule has 8 aromatic rings. The van der Waals surface area contributed by atoms with E-state index in [1.807, 2.05) is 36.7 Å². The van der Waals surface area contributed by atoms with Crippen LogP contribution in [0.15, 0.2) is 70.6 Å². The monoisotopic (exact) mass is 1330 g/mol. The number of benzene rings is 1. The number of anilines is 1. The summed E-state index contributed by atoms with van der Waals surface area (Å²) in [6.07, 6.45) is 0.987. The Morgan fingerprint density at radius 1 is 0.744 bits per heavy atom. The van der Waals surface area contributed by atoms with Crippen LogP contribution in [0.2, 0.25) is 0 Å². The standard InChI is InChI=1S/C61H69N15O8S6/c1-30(2)37-22-43(77)49-32(4)89-60(76-49)39(23-46(78)63-5)68-55(83)41-27-85-56(70-41)36-16-17-38(58-73-45(29-88-58)72-54(82)35-14-12-34(13-15-35)53(81)65-21-20-64-19-18-62)67-50(36)40-26-86-59(69-40)42-28-87-61(71-42)51(52(80)33-10-8-7-9-11-33)74-47(79)24-66-31(3)48-44(25-84-6)90-57(37)75-48/h7-11,16-17,26-30,34-35,37,39,51-52,64,66,80H,3,12-15,18-25,62H2,1-2,4-6H3,(H,63,78)(H,65,81)(H,68,83)(H,72,82)(H,74,79)/t34?,35?,37-,39-,51-,52-/m0/s1. The molecule has 10 bridgehead atoms. The lowest BCUT2D eigenvalue weighted by atomic mass is 9.81. The first-order valence-corrected chi connectivity index (χ1v) is 34.4. The Bertz CT molecular complexity index is 3880. The Hall–Kier alpha value is -7.45. The summed E-state index contributed by atoms with van der Waals surface area (Å²) in [7, 11) is 3.07. The number of ketones is 1. The van der Waals surface area contributed by atoms with Crippen LogP contribution in [-0.2, 0) is 30.5 Å². The second-order valence-electron chi connectivity index (χ2n) is 22.0. The number of hydrogen-bond acceptors (Lipinski definition) is 24. The number of methoxy groups -OCH3 is 1. The number of nitrogens with zero attached hydrogens (tertiary/aromatic N) is 7. The highest BCUT2D eigenvalue weighted by atomic mass is 32.1. The Labute approximate surface area is 543 Å². The van der Waals surface area contributed by atoms with E-state index in [9.17, 15) is 33.9 Å². The summed E-state index contributed by atoms with van der Waals surface area (Å²) < 4.78 is 5.59. The molecule has 1 saturated carbocycles. The molecule has 23 nitrogen and oxygen atoms in total. The number of fused-ring (bicyclic) bond motifs is 14. The zero-order valence-corrected chi connectivity index (χ0v) is 54.9. The highest BCUT2D eigenvalue weighted by molar-refractivity contribution is 7.15. The molecule has 8 heterocycles. The molecule has 1 fully saturated rings. The second kappa shape index (κ2) is 30.1. The minimum absolute atomic E-state index is 0.00533. The first-order chi connectivity index (χ1) is 43.5. The molecular formula is C61H69N15O8S6. The van der Waals surface area contributed by atoms with E-state index in [4.69, 9.17) is 45.4 Å². The van der Waals surface area contributed by atoms with Gasteiger partial charge in [-0.05, 0) is 56.2 Å². The molecule has 0 saturated heterocycles. The van der Waals surface area contributed by atoms with Crippen LogP contribution in [0.4, 0.5) is 5.82 Å². The maximum atomic E-state index is 14.4. The number of aryl methyl sites for hydroxylation is 1. The molecule has 10 rings (SSSR count). The zero-order valence-electron chi connectivity index (χ0n) is 50.0. The van der Waals surface area contributed by atoms with Crippen LogP contribution >= 0.6 is 68.0 Å². The third-order valence-electron chi connectivity index (χ3n) is 15.4. The average molecular weight is 1330 g/mol. The van der Waals surface area contributed by atoms with Crippen molar-refractivity contribution in [2.75, 3.05) is 52.2 Å². The smallest absolute Gasteiger partial charge is 0.271 e. The summed E-state index contributed by atoms with van der Waals surface area (Å²) in [5.74, 6) is -2.32. The summed E-state index contributed by atoms with van der Waals surface area (Å²) in [5.41, 5.74) is 9.56. The van der Waals surface area contributed by atoms with Gasteiger partial charge in [0.25, 0.3) is 5.91 Å². The van der Waals surface area contributed by atoms with Gasteiger partial charge in [-0.15, -0.1) is 68.0 Å². The van der Waals surface area contributed by atoms with Crippen molar-refractivity contribution in [2.45, 2.75) is 90.0 Å². The van der Waals surface area contributed by atoms with E-state index in [0.717, 1.165) is 4.88 Å². The Morgan fingerprint density at radius 3 is 2.19 bits per heavy atom. The van der Waals surface area contributed by atoms with Gasteiger partial charge in [-0.25, -0.2) is 34.9 Å². The van der Waals surface area contributed by atoms with Crippen molar-refractivity contribution in [3.63, 3.8) is 0 Å². The van der Waals surface area contributed by atoms with Crippen LogP contribution in [0.1, 0.15) is 133 Å². The zero-order chi connectivity index (χ0) is 63.6. The van der Waals surface area contributed by atoms with Gasteiger partial charge in [-0.1, -0.05) is 50.8 Å². The highest BCUT2D eigenvalue weighted by Gasteiger charge is 2.34. The van der Waals surface area contributed by atoms with E-state index in [-0.39, 0.29) is 84.6 Å². The van der Waals surface area contributed by atoms with E-state index in [0.29, 0.717) is 138 Å². The van der Waals surface area contributed by atoms with Crippen molar-refractivity contribution in [1.29, 1.82) is 0 Å². The van der Waals surface area contributed by atoms with E-state index >= 15 is 0 Å². The molecule has 5 amide bonds. The molecule has 7 aromatic heterocycles. The lowest BCUT2D eigenvalue weighted by molar-refractivity contribution is -0.128. The van der Waals surface area contributed by atoms with Gasteiger partial charge >= 0.3 is 0 Å². The van der Waals surface area contributed by atoms with Crippen molar-refractivity contribution in [3.8, 4) is 43.4 Å². The third kappa shape index (κ3) is 15.6. The van der Waals surface area contributed by atoms with Crippen molar-refractivity contribution in [2.24, 2.45) is 23.5 Å². The number of pyridine rings is 1. The molecule has 29 heteroatoms. The van der Waals surface area contributed by atoms with Crippen molar-refractivity contribution in [3.05, 3.63) is 118 Å². The van der Waals surface area contributed by atoms with Crippen molar-refractivity contribution < 1.29 is 38.6 Å². The largest absolute Gasteiger partial charge is 0.386 e. The summed E-state index contributed by atoms with van der Waals surface area (Å²) in [4.78, 5) is 119. The summed E-state index contributed by atoms with van der Waals surface area (Å²) in [6, 6.07) is 10.7. The number of amides is 5. The van der Waals surface area contributed by atoms with Gasteiger partial charge in [0.1, 0.15) is 77.2 Å². The first-order valence-electron chi connectivity index (χ1n) is 29.3. The van der Waals surface area contributed by atoms with Gasteiger partial charge in [-0.3, -0.25) is 28.8 Å². The number of carbonyl (C=O) groups is 6. The second-order valence-corrected chi connectivity index (χ2v) is 27.8. The van der Waals surface area contributed by atoms with Crippen molar-refractivity contribution in [1.82, 2.24) is 66.8 Å². The molecule has 10 N–H and O–H groups in total. The molecule has 0 radical (unpaired) electrons. The summed E-state index contributed by atoms with van der Waals surface area (Å²) >= 11 is 7.67. The maximum absolute atomic E-state index is 14.4. The Balaban J connectivity index is 0.982. The number of thiazole rings is 6. The molecule has 472 valence electrons. The van der Waals surface area contributed by atoms with E-state index in [2.05, 4.69) is 43.8 Å². The molecule has 1 aliphatic heterocycles. The number of rotatable bonds is 16. The summed E-state index contributed by atoms with van der Waals surface area (Å²) in [5, 5.41) is 42.8. The highest BCUT2D eigenvalue weighted by Crippen LogP contribution is 2.41. The van der Waals surface area contributed by atoms with Crippen molar-refractivity contribution >= 4 is 115 Å². The maximum Gasteiger partial charge on any atom is 0.271 e. The number of nitrogens with one attached hydrogen (secondary N) is 7. The number of hydrogen-bond donors (Lipinski definition) is 9. The van der Waals surface area contributed by atoms with E-state index in [1.165, 1.54) is 75.1 Å². The molecule has 1 aliphatic carbocycles. The fourth-order valence-electron chi connectivity index (χ4n) is 10.5. The SMILES string of the molecule is C=C1NCC(=O)N[C@@H]([C@@H](O)c2ccccc2)c2nc(cs2)-c2nc(cs2)-c2nc(-c3nc(NC(=O)C4CCC(C(=O)NCCNCCN)CC4)cs3)ccc2-c2nc(cs2)C(=O)N[C@@H](CC(=O)NC)c2nc(c(C)s2)C(=O)C[C@@H](C(C)C)c2nc1c(COC)s2. The van der Waals surface area contributed by atoms with E-state index < -0.39 is 30.0 Å². The molecule has 0 unspecified atom stereocenters. The lowest BCUT2D eigenvalue weighted by Crippen LogP contribution is -2.39. The predicted octanol–water partition coefficient (Wildman–Crippen LogP) is 8.44. The Morgan fingerprint density at radius 2 is 1.44 bits per heavy atom. The molecule has 4 atom stereocenters. The Kier molecular flexibility index (Phi) is 21.9. The number of carbonyl (C=O) groups excluding carboxylic acids is 6. The molecule has 0 spiro atoms. The quantitative estimate of drug-likeness (QED) is 0.0410. The molecule has 90 heavy (non-hydrogen) atoms. The van der Waals surface area contributed by atoms with Gasteiger partial charge in [0, 0.05) is 96.5 Å². The first kappa shape index (κ1) is 65.5. The fraction of sp³-hybridized carbons (Fsp3) is 0.393. The summed E-state index contributed by atoms with van der Waals surface area (Å²) in [6.45, 7) is 12.4. The lowest BCUT2D eigenvalue weighted by Gasteiger charge is -2.26. The number of Topliss-reactive ketones (excluding diaryl/α,β-unsaturated/α-hetero) is 1. The number of aromatic nitrogens is 7. The number of ether oxygens (including phenoxy) is 1. The van der Waals surface area contributed by atoms with Gasteiger partial charge in [-0.2, -0.15) is 0 Å². The number of nitrogens with two attached hydrogens (primary N) is 1. The van der Waals surface area contributed by atoms with Gasteiger partial charge in [0.2, 0.25) is 23.6 Å². The van der Waals surface area contributed by atoms with E-state index in [1.54, 1.807) is 55.1 Å². The number of aliphatic hydroxyl groups is 1. The normalized spacial score (nSPS) is 18.7. The minimum Gasteiger partial charge on any atom is -0.386 e. The fourth-order valence-corrected chi connectivity index (χ4v) is 16.1. The van der Waals surface area contributed by atoms with Crippen LogP contribution in [0.5, 0.6) is 0 Å². The van der Waals surface area contributed by atoms with Gasteiger partial charge in [0.15, 0.2) is 5.78 Å². The molecule has 2 aliphatic rings. The third-order valence-corrected chi connectivity index (χ3v) is 21.1. The van der Waals surface area contributed by atoms with Crippen LogP contribution in [0.3, 0.4) is 0 Å². The van der Waals surface area contributed by atoms with Crippen LogP contribution in [-0.4, -0.2) is 122 Å². The number of aliphatic hydroxyl groups excluding tert-OH is 1. The topological polar surface area (TPSA) is 332 Å². The average Bonchev–Trinajstić information content (AvgIpc) is 2.04. The van der Waals surface area contributed by atoms with Crippen LogP contribution in [0.25, 0.3) is 49.1 Å². The predicted molar refractivity (Wildman–Crippen MR) is 352 cm³/mol. The van der Waals surface area contributed by atoms with Gasteiger partial charge in [0.05, 0.1) is 46.9 Å². The minimum atomic E-state index is -1.21. The molecule has 1 aromatic carbocycles. The van der Waals surface area contributed by atoms with Gasteiger partial charge < -0.3 is 52.8 Å². The van der Waals surface area contributed by atoms with Crippen LogP contribution < -0.4 is 43.0 Å².